The minimum atomic E-state index is 0.661. The van der Waals surface area contributed by atoms with Crippen molar-refractivity contribution in [1.29, 1.82) is 0 Å². The molecule has 2 nitrogen and oxygen atoms in total. The van der Waals surface area contributed by atoms with Crippen molar-refractivity contribution >= 4 is 0 Å². The van der Waals surface area contributed by atoms with E-state index in [1.165, 1.54) is 18.4 Å². The summed E-state index contributed by atoms with van der Waals surface area (Å²) in [4.78, 5) is 0. The van der Waals surface area contributed by atoms with Crippen LogP contribution in [-0.4, -0.2) is 19.8 Å². The van der Waals surface area contributed by atoms with E-state index in [0.29, 0.717) is 5.92 Å². The van der Waals surface area contributed by atoms with Crippen LogP contribution in [0.2, 0.25) is 0 Å². The van der Waals surface area contributed by atoms with Crippen LogP contribution in [0.5, 0.6) is 0 Å². The van der Waals surface area contributed by atoms with Gasteiger partial charge in [0.25, 0.3) is 0 Å². The number of hydrogen-bond acceptors (Lipinski definition) is 2. The zero-order chi connectivity index (χ0) is 13.1. The van der Waals surface area contributed by atoms with Gasteiger partial charge >= 0.3 is 0 Å². The van der Waals surface area contributed by atoms with Crippen LogP contribution in [0, 0.1) is 5.92 Å². The van der Waals surface area contributed by atoms with Crippen molar-refractivity contribution in [3.63, 3.8) is 0 Å². The average Bonchev–Trinajstić information content (AvgIpc) is 2.42. The lowest BCUT2D eigenvalue weighted by Gasteiger charge is -2.15. The summed E-state index contributed by atoms with van der Waals surface area (Å²) in [6, 6.07) is 10.4. The van der Waals surface area contributed by atoms with Crippen LogP contribution in [0.4, 0.5) is 0 Å². The molecule has 1 rings (SSSR count). The van der Waals surface area contributed by atoms with Crippen LogP contribution in [0.1, 0.15) is 38.7 Å². The van der Waals surface area contributed by atoms with Gasteiger partial charge in [-0.25, -0.2) is 0 Å². The molecule has 1 atom stereocenters. The topological polar surface area (TPSA) is 18.5 Å². The molecule has 0 aliphatic rings. The smallest absolute Gasteiger partial charge is 0.0717 e. The molecule has 0 aromatic heterocycles. The summed E-state index contributed by atoms with van der Waals surface area (Å²) < 4.78 is 11.2. The second-order valence-corrected chi connectivity index (χ2v) is 4.61. The molecule has 0 aliphatic carbocycles. The third-order valence-corrected chi connectivity index (χ3v) is 3.15. The summed E-state index contributed by atoms with van der Waals surface area (Å²) >= 11 is 0. The maximum atomic E-state index is 5.79. The molecule has 1 unspecified atom stereocenters. The highest BCUT2D eigenvalue weighted by atomic mass is 16.5. The first-order valence-corrected chi connectivity index (χ1v) is 7.06. The van der Waals surface area contributed by atoms with Gasteiger partial charge in [0.1, 0.15) is 0 Å². The van der Waals surface area contributed by atoms with Gasteiger partial charge in [0.05, 0.1) is 6.61 Å². The summed E-state index contributed by atoms with van der Waals surface area (Å²) in [5, 5.41) is 0. The van der Waals surface area contributed by atoms with Crippen LogP contribution in [-0.2, 0) is 16.1 Å². The molecule has 0 saturated carbocycles. The fourth-order valence-corrected chi connectivity index (χ4v) is 1.94. The summed E-state index contributed by atoms with van der Waals surface area (Å²) in [5.41, 5.74) is 1.25. The van der Waals surface area contributed by atoms with Crippen molar-refractivity contribution in [2.45, 2.75) is 39.7 Å². The number of benzene rings is 1. The summed E-state index contributed by atoms with van der Waals surface area (Å²) in [7, 11) is 0. The van der Waals surface area contributed by atoms with Gasteiger partial charge in [0.2, 0.25) is 0 Å². The molecule has 18 heavy (non-hydrogen) atoms. The van der Waals surface area contributed by atoms with Crippen LogP contribution in [0.15, 0.2) is 30.3 Å². The van der Waals surface area contributed by atoms with Crippen molar-refractivity contribution in [1.82, 2.24) is 0 Å². The SMILES string of the molecule is CCOCCCC(CC)COCc1ccccc1. The molecule has 0 heterocycles. The van der Waals surface area contributed by atoms with Gasteiger partial charge < -0.3 is 9.47 Å². The molecule has 0 fully saturated rings. The molecule has 1 aromatic carbocycles. The van der Waals surface area contributed by atoms with Crippen LogP contribution in [0.3, 0.4) is 0 Å². The normalized spacial score (nSPS) is 12.6. The van der Waals surface area contributed by atoms with E-state index in [1.807, 2.05) is 13.0 Å². The Labute approximate surface area is 111 Å². The average molecular weight is 250 g/mol. The van der Waals surface area contributed by atoms with Crippen LogP contribution in [0.25, 0.3) is 0 Å². The third kappa shape index (κ3) is 6.77. The quantitative estimate of drug-likeness (QED) is 0.583. The van der Waals surface area contributed by atoms with E-state index in [0.717, 1.165) is 32.8 Å². The van der Waals surface area contributed by atoms with E-state index in [2.05, 4.69) is 31.2 Å². The first kappa shape index (κ1) is 15.2. The molecule has 2 heteroatoms. The van der Waals surface area contributed by atoms with E-state index in [-0.39, 0.29) is 0 Å². The van der Waals surface area contributed by atoms with E-state index in [1.54, 1.807) is 0 Å². The Bertz CT molecular complexity index is 284. The number of rotatable bonds is 10. The Morgan fingerprint density at radius 3 is 2.50 bits per heavy atom. The highest BCUT2D eigenvalue weighted by molar-refractivity contribution is 5.13. The second-order valence-electron chi connectivity index (χ2n) is 4.61. The third-order valence-electron chi connectivity index (χ3n) is 3.15. The van der Waals surface area contributed by atoms with Crippen molar-refractivity contribution in [2.24, 2.45) is 5.92 Å². The zero-order valence-corrected chi connectivity index (χ0v) is 11.7. The molecular formula is C16H26O2. The fraction of sp³-hybridized carbons (Fsp3) is 0.625. The first-order valence-electron chi connectivity index (χ1n) is 7.06. The molecule has 102 valence electrons. The highest BCUT2D eigenvalue weighted by Crippen LogP contribution is 2.12. The van der Waals surface area contributed by atoms with Crippen molar-refractivity contribution in [3.05, 3.63) is 35.9 Å². The van der Waals surface area contributed by atoms with E-state index in [4.69, 9.17) is 9.47 Å². The summed E-state index contributed by atoms with van der Waals surface area (Å²) in [5.74, 6) is 0.661. The summed E-state index contributed by atoms with van der Waals surface area (Å²) in [6.07, 6.45) is 3.52. The van der Waals surface area contributed by atoms with E-state index < -0.39 is 0 Å². The standard InChI is InChI=1S/C16H26O2/c1-3-15(11-8-12-17-4-2)13-18-14-16-9-6-5-7-10-16/h5-7,9-10,15H,3-4,8,11-14H2,1-2H3. The van der Waals surface area contributed by atoms with Gasteiger partial charge in [-0.2, -0.15) is 0 Å². The first-order chi connectivity index (χ1) is 8.86. The predicted octanol–water partition coefficient (Wildman–Crippen LogP) is 4.05. The predicted molar refractivity (Wildman–Crippen MR) is 75.6 cm³/mol. The minimum absolute atomic E-state index is 0.661. The monoisotopic (exact) mass is 250 g/mol. The molecule has 0 spiro atoms. The number of ether oxygens (including phenoxy) is 2. The van der Waals surface area contributed by atoms with Gasteiger partial charge in [-0.3, -0.25) is 0 Å². The van der Waals surface area contributed by atoms with Gasteiger partial charge in [-0.05, 0) is 31.2 Å². The van der Waals surface area contributed by atoms with E-state index >= 15 is 0 Å². The molecule has 0 amide bonds. The Morgan fingerprint density at radius 1 is 1.06 bits per heavy atom. The van der Waals surface area contributed by atoms with Crippen LogP contribution < -0.4 is 0 Å². The summed E-state index contributed by atoms with van der Waals surface area (Å²) in [6.45, 7) is 7.56. The van der Waals surface area contributed by atoms with Gasteiger partial charge in [-0.1, -0.05) is 43.7 Å². The molecule has 0 saturated heterocycles. The lowest BCUT2D eigenvalue weighted by atomic mass is 10.0. The minimum Gasteiger partial charge on any atom is -0.382 e. The lowest BCUT2D eigenvalue weighted by molar-refractivity contribution is 0.0756. The van der Waals surface area contributed by atoms with Crippen LogP contribution >= 0.6 is 0 Å². The zero-order valence-electron chi connectivity index (χ0n) is 11.7. The van der Waals surface area contributed by atoms with Gasteiger partial charge in [-0.15, -0.1) is 0 Å². The maximum absolute atomic E-state index is 5.79. The fourth-order valence-electron chi connectivity index (χ4n) is 1.94. The van der Waals surface area contributed by atoms with Crippen molar-refractivity contribution in [2.75, 3.05) is 19.8 Å². The lowest BCUT2D eigenvalue weighted by Crippen LogP contribution is -2.10. The molecule has 1 aromatic rings. The van der Waals surface area contributed by atoms with Crippen molar-refractivity contribution < 1.29 is 9.47 Å². The molecule has 0 N–H and O–H groups in total. The van der Waals surface area contributed by atoms with Gasteiger partial charge in [0, 0.05) is 19.8 Å². The molecule has 0 aliphatic heterocycles. The molecule has 0 radical (unpaired) electrons. The highest BCUT2D eigenvalue weighted by Gasteiger charge is 2.06. The maximum Gasteiger partial charge on any atom is 0.0717 e. The number of hydrogen-bond donors (Lipinski definition) is 0. The Hall–Kier alpha value is -0.860. The van der Waals surface area contributed by atoms with E-state index in [9.17, 15) is 0 Å². The Kier molecular flexibility index (Phi) is 8.53. The van der Waals surface area contributed by atoms with Gasteiger partial charge in [0.15, 0.2) is 0 Å². The molecular weight excluding hydrogens is 224 g/mol. The van der Waals surface area contributed by atoms with Crippen molar-refractivity contribution in [3.8, 4) is 0 Å². The Morgan fingerprint density at radius 2 is 1.83 bits per heavy atom. The molecule has 0 bridgehead atoms. The Balaban J connectivity index is 2.11. The largest absolute Gasteiger partial charge is 0.382 e. The second kappa shape index (κ2) is 10.1.